The minimum absolute atomic E-state index is 0. The van der Waals surface area contributed by atoms with Gasteiger partial charge >= 0.3 is 5.97 Å². The number of nitrogens with zero attached hydrogens (tertiary/aromatic N) is 3. The summed E-state index contributed by atoms with van der Waals surface area (Å²) in [6, 6.07) is 24.1. The number of rotatable bonds is 17. The first-order valence-electron chi connectivity index (χ1n) is 20.8. The van der Waals surface area contributed by atoms with E-state index in [9.17, 15) is 37.5 Å². The van der Waals surface area contributed by atoms with Gasteiger partial charge in [0.1, 0.15) is 30.5 Å². The number of ketones is 3. The van der Waals surface area contributed by atoms with Gasteiger partial charge in [-0.3, -0.25) is 28.8 Å². The molecule has 0 bridgehead atoms. The third kappa shape index (κ3) is 15.2. The number of Topliss-reactive ketones (excluding diaryl/α,β-unsaturated/α-hetero) is 3. The number of amides is 2. The van der Waals surface area contributed by atoms with Crippen LogP contribution < -0.4 is 10.6 Å². The Morgan fingerprint density at radius 3 is 1.67 bits per heavy atom. The molecule has 2 heterocycles. The maximum absolute atomic E-state index is 14.0. The normalized spacial score (nSPS) is 10.7. The molecule has 0 radical (unpaired) electrons. The molecule has 6 rings (SSSR count). The molecule has 16 heteroatoms. The van der Waals surface area contributed by atoms with E-state index in [4.69, 9.17) is 28.3 Å². The maximum Gasteiger partial charge on any atom is 0.323 e. The number of para-hydroxylation sites is 2. The molecule has 0 fully saturated rings. The minimum Gasteiger partial charge on any atom is -0.480 e. The lowest BCUT2D eigenvalue weighted by Gasteiger charge is -2.26. The summed E-state index contributed by atoms with van der Waals surface area (Å²) in [5.74, 6) is -2.64. The lowest BCUT2D eigenvalue weighted by atomic mass is 10.1. The molecule has 0 atom stereocenters. The van der Waals surface area contributed by atoms with Gasteiger partial charge in [0, 0.05) is 75.9 Å². The Labute approximate surface area is 393 Å². The van der Waals surface area contributed by atoms with E-state index in [0.717, 1.165) is 21.8 Å². The number of carbonyl (C=O) groups is 6. The second kappa shape index (κ2) is 25.5. The van der Waals surface area contributed by atoms with Gasteiger partial charge in [-0.1, -0.05) is 105 Å². The molecular formula is C50H57Cl2F2N5O7. The molecule has 2 amide bonds. The maximum atomic E-state index is 14.0. The predicted octanol–water partition coefficient (Wildman–Crippen LogP) is 9.73. The van der Waals surface area contributed by atoms with Crippen molar-refractivity contribution < 1.29 is 42.7 Å². The first-order chi connectivity index (χ1) is 30.8. The van der Waals surface area contributed by atoms with Crippen LogP contribution in [0.3, 0.4) is 0 Å². The third-order valence-corrected chi connectivity index (χ3v) is 10.7. The lowest BCUT2D eigenvalue weighted by Crippen LogP contribution is -2.45. The molecule has 2 aromatic heterocycles. The van der Waals surface area contributed by atoms with Gasteiger partial charge in [0.25, 0.3) is 0 Å². The van der Waals surface area contributed by atoms with Gasteiger partial charge in [0.15, 0.2) is 11.6 Å². The summed E-state index contributed by atoms with van der Waals surface area (Å²) in [5, 5.41) is 16.1. The number of carboxylic acids is 1. The van der Waals surface area contributed by atoms with Gasteiger partial charge in [-0.05, 0) is 63.9 Å². The summed E-state index contributed by atoms with van der Waals surface area (Å²) in [5.41, 5.74) is 3.42. The minimum atomic E-state index is -0.921. The summed E-state index contributed by atoms with van der Waals surface area (Å²) >= 11 is 11.4. The van der Waals surface area contributed by atoms with E-state index in [0.29, 0.717) is 36.1 Å². The van der Waals surface area contributed by atoms with Crippen molar-refractivity contribution in [2.24, 2.45) is 0 Å². The molecule has 0 unspecified atom stereocenters. The summed E-state index contributed by atoms with van der Waals surface area (Å²) in [6.07, 6.45) is 3.99. The number of fused-ring (bicyclic) bond motifs is 2. The van der Waals surface area contributed by atoms with E-state index < -0.39 is 23.5 Å². The fourth-order valence-corrected chi connectivity index (χ4v) is 7.16. The van der Waals surface area contributed by atoms with Gasteiger partial charge < -0.3 is 29.8 Å². The number of aryl methyl sites for hydroxylation is 1. The topological polar surface area (TPSA) is 160 Å². The molecule has 66 heavy (non-hydrogen) atoms. The number of nitrogens with one attached hydrogen (secondary N) is 2. The van der Waals surface area contributed by atoms with Gasteiger partial charge in [0.05, 0.1) is 23.1 Å². The van der Waals surface area contributed by atoms with Gasteiger partial charge in [0.2, 0.25) is 11.8 Å². The second-order valence-electron chi connectivity index (χ2n) is 15.8. The number of benzene rings is 4. The molecule has 4 aromatic carbocycles. The van der Waals surface area contributed by atoms with Crippen LogP contribution >= 0.6 is 23.2 Å². The Balaban J connectivity index is 0.000000287. The lowest BCUT2D eigenvalue weighted by molar-refractivity contribution is -0.138. The Bertz CT molecular complexity index is 2680. The summed E-state index contributed by atoms with van der Waals surface area (Å²) in [4.78, 5) is 72.5. The fraction of sp³-hybridized carbons (Fsp3) is 0.320. The van der Waals surface area contributed by atoms with Crippen molar-refractivity contribution in [1.29, 1.82) is 0 Å². The summed E-state index contributed by atoms with van der Waals surface area (Å²) < 4.78 is 30.8. The molecule has 12 nitrogen and oxygen atoms in total. The van der Waals surface area contributed by atoms with Crippen molar-refractivity contribution in [2.45, 2.75) is 93.5 Å². The predicted molar refractivity (Wildman–Crippen MR) is 256 cm³/mol. The number of halogens is 4. The van der Waals surface area contributed by atoms with E-state index in [-0.39, 0.29) is 84.6 Å². The van der Waals surface area contributed by atoms with E-state index in [1.165, 1.54) is 36.9 Å². The number of hydrogen-bond acceptors (Lipinski definition) is 7. The number of hydrogen-bond donors (Lipinski definition) is 3. The van der Waals surface area contributed by atoms with Crippen LogP contribution in [0.5, 0.6) is 0 Å². The van der Waals surface area contributed by atoms with Gasteiger partial charge in [-0.2, -0.15) is 0 Å². The molecule has 0 aliphatic carbocycles. The molecular weight excluding hydrogens is 891 g/mol. The quantitative estimate of drug-likeness (QED) is 0.0763. The monoisotopic (exact) mass is 947 g/mol. The van der Waals surface area contributed by atoms with Crippen LogP contribution in [0.25, 0.3) is 21.8 Å². The highest BCUT2D eigenvalue weighted by molar-refractivity contribution is 6.31. The smallest absolute Gasteiger partial charge is 0.323 e. The van der Waals surface area contributed by atoms with Crippen LogP contribution in [-0.4, -0.2) is 79.4 Å². The first kappa shape index (κ1) is 54.1. The van der Waals surface area contributed by atoms with E-state index in [1.807, 2.05) is 76.2 Å². The Morgan fingerprint density at radius 2 is 1.18 bits per heavy atom. The summed E-state index contributed by atoms with van der Waals surface area (Å²) in [6.45, 7) is 10.5. The van der Waals surface area contributed by atoms with Crippen molar-refractivity contribution in [1.82, 2.24) is 24.7 Å². The SMILES string of the molecule is C.CC(=O)c1cn(CC(=O)N(CC(=O)NCc2cccc(Cl)c2F)C(C)C)c2ccccc12.CC(=O)c1cn(CC(=O)O)c2ccccc12.CC(C)NCC(=O)CCc1cccc(Cl)c1F. The molecule has 0 aliphatic heterocycles. The molecule has 352 valence electrons. The fourth-order valence-electron chi connectivity index (χ4n) is 6.77. The Kier molecular flexibility index (Phi) is 20.9. The largest absolute Gasteiger partial charge is 0.480 e. The zero-order valence-corrected chi connectivity index (χ0v) is 38.6. The van der Waals surface area contributed by atoms with Crippen molar-refractivity contribution in [2.75, 3.05) is 13.1 Å². The zero-order chi connectivity index (χ0) is 48.0. The molecule has 0 saturated heterocycles. The van der Waals surface area contributed by atoms with E-state index >= 15 is 0 Å². The van der Waals surface area contributed by atoms with E-state index in [1.54, 1.807) is 39.7 Å². The standard InChI is InChI=1S/C24H25ClFN3O3.C13H17ClFNO.C12H11NO3.CH4/c1-15(2)29(13-22(31)27-11-17-7-6-9-20(25)24(17)26)23(32)14-28-12-19(16(3)30)18-8-4-5-10-21(18)28;1-9(2)16-8-11(17)7-6-10-4-3-5-12(14)13(10)15;1-8(14)10-6-13(7-12(15)16)11-5-3-2-4-9(10)11;/h4-10,12,15H,11,13-14H2,1-3H3,(H,27,31);3-5,9,16H,6-8H2,1-2H3;2-6H,7H2,1H3,(H,15,16);1H4. The highest BCUT2D eigenvalue weighted by Gasteiger charge is 2.23. The molecule has 3 N–H and O–H groups in total. The van der Waals surface area contributed by atoms with Crippen molar-refractivity contribution in [3.63, 3.8) is 0 Å². The van der Waals surface area contributed by atoms with Crippen LogP contribution in [0.1, 0.15) is 87.2 Å². The molecule has 6 aromatic rings. The summed E-state index contributed by atoms with van der Waals surface area (Å²) in [7, 11) is 0. The third-order valence-electron chi connectivity index (χ3n) is 10.1. The van der Waals surface area contributed by atoms with Crippen molar-refractivity contribution in [3.05, 3.63) is 141 Å². The van der Waals surface area contributed by atoms with E-state index in [2.05, 4.69) is 10.6 Å². The first-order valence-corrected chi connectivity index (χ1v) is 21.6. The van der Waals surface area contributed by atoms with Crippen molar-refractivity contribution in [3.8, 4) is 0 Å². The van der Waals surface area contributed by atoms with Crippen LogP contribution in [0, 0.1) is 11.6 Å². The zero-order valence-electron chi connectivity index (χ0n) is 37.1. The molecule has 0 spiro atoms. The van der Waals surface area contributed by atoms with Crippen molar-refractivity contribution >= 4 is 80.1 Å². The Morgan fingerprint density at radius 1 is 0.697 bits per heavy atom. The average Bonchev–Trinajstić information content (AvgIpc) is 3.81. The van der Waals surface area contributed by atoms with Gasteiger partial charge in [-0.25, -0.2) is 8.78 Å². The highest BCUT2D eigenvalue weighted by atomic mass is 35.5. The van der Waals surface area contributed by atoms with Crippen LogP contribution in [0.4, 0.5) is 8.78 Å². The average molecular weight is 949 g/mol. The highest BCUT2D eigenvalue weighted by Crippen LogP contribution is 2.24. The number of aromatic nitrogens is 2. The number of carboxylic acid groups (broad SMARTS) is 1. The Hall–Kier alpha value is -6.22. The molecule has 0 aliphatic rings. The van der Waals surface area contributed by atoms with Crippen LogP contribution in [-0.2, 0) is 45.2 Å². The van der Waals surface area contributed by atoms with Crippen LogP contribution in [0.2, 0.25) is 10.0 Å². The number of aliphatic carboxylic acids is 1. The molecule has 0 saturated carbocycles. The van der Waals surface area contributed by atoms with Gasteiger partial charge in [-0.15, -0.1) is 0 Å². The van der Waals surface area contributed by atoms with Crippen LogP contribution in [0.15, 0.2) is 97.3 Å². The second-order valence-corrected chi connectivity index (χ2v) is 16.6. The number of carbonyl (C=O) groups excluding carboxylic acids is 5.